The monoisotopic (exact) mass is 463 g/mol. The summed E-state index contributed by atoms with van der Waals surface area (Å²) in [5.41, 5.74) is 2.96. The predicted molar refractivity (Wildman–Crippen MR) is 133 cm³/mol. The average Bonchev–Trinajstić information content (AvgIpc) is 2.80. The number of unbranched alkanes of at least 4 members (excludes halogenated alkanes) is 1. The highest BCUT2D eigenvalue weighted by Gasteiger charge is 2.29. The van der Waals surface area contributed by atoms with Crippen LogP contribution in [0.15, 0.2) is 83.8 Å². The number of sulfonamides is 1. The lowest BCUT2D eigenvalue weighted by Crippen LogP contribution is -2.35. The zero-order valence-electron chi connectivity index (χ0n) is 19.2. The number of hydrogen-bond donors (Lipinski definition) is 0. The first-order valence-corrected chi connectivity index (χ1v) is 12.4. The first kappa shape index (κ1) is 24.3. The summed E-state index contributed by atoms with van der Waals surface area (Å²) in [6.45, 7) is 6.54. The van der Waals surface area contributed by atoms with Crippen LogP contribution in [-0.2, 0) is 14.8 Å². The van der Waals surface area contributed by atoms with Crippen molar-refractivity contribution in [2.45, 2.75) is 38.5 Å². The molecule has 0 saturated heterocycles. The molecule has 0 aliphatic rings. The number of rotatable bonds is 9. The van der Waals surface area contributed by atoms with Gasteiger partial charge in [0, 0.05) is 6.08 Å². The first-order chi connectivity index (χ1) is 15.8. The van der Waals surface area contributed by atoms with Crippen LogP contribution in [0.3, 0.4) is 0 Å². The van der Waals surface area contributed by atoms with Gasteiger partial charge in [-0.15, -0.1) is 0 Å². The van der Waals surface area contributed by atoms with E-state index in [4.69, 9.17) is 4.74 Å². The van der Waals surface area contributed by atoms with E-state index >= 15 is 0 Å². The molecule has 0 bridgehead atoms. The molecular weight excluding hydrogens is 434 g/mol. The van der Waals surface area contributed by atoms with Gasteiger partial charge in [0.25, 0.3) is 15.9 Å². The fraction of sp³-hybridized carbons (Fsp3) is 0.222. The summed E-state index contributed by atoms with van der Waals surface area (Å²) in [5.74, 6) is 0.109. The van der Waals surface area contributed by atoms with Crippen LogP contribution in [0, 0.1) is 13.8 Å². The topological polar surface area (TPSA) is 63.7 Å². The molecule has 33 heavy (non-hydrogen) atoms. The highest BCUT2D eigenvalue weighted by atomic mass is 32.2. The molecular formula is C27H29NO4S. The molecule has 3 rings (SSSR count). The summed E-state index contributed by atoms with van der Waals surface area (Å²) in [6, 6.07) is 20.6. The molecule has 0 fully saturated rings. The summed E-state index contributed by atoms with van der Waals surface area (Å²) >= 11 is 0. The molecule has 0 saturated carbocycles. The van der Waals surface area contributed by atoms with E-state index in [1.54, 1.807) is 42.5 Å². The fourth-order valence-corrected chi connectivity index (χ4v) is 4.51. The molecule has 6 heteroatoms. The molecule has 0 unspecified atom stereocenters. The van der Waals surface area contributed by atoms with Crippen LogP contribution in [0.5, 0.6) is 5.75 Å². The van der Waals surface area contributed by atoms with Crippen LogP contribution < -0.4 is 9.04 Å². The van der Waals surface area contributed by atoms with E-state index in [-0.39, 0.29) is 10.6 Å². The summed E-state index contributed by atoms with van der Waals surface area (Å²) < 4.78 is 33.3. The third kappa shape index (κ3) is 6.33. The van der Waals surface area contributed by atoms with Gasteiger partial charge in [0.15, 0.2) is 0 Å². The fourth-order valence-electron chi connectivity index (χ4n) is 3.12. The molecule has 5 nitrogen and oxygen atoms in total. The van der Waals surface area contributed by atoms with Crippen molar-refractivity contribution in [1.82, 2.24) is 0 Å². The molecule has 1 amide bonds. The Hall–Kier alpha value is -3.38. The van der Waals surface area contributed by atoms with E-state index < -0.39 is 15.9 Å². The Balaban J connectivity index is 1.88. The van der Waals surface area contributed by atoms with Gasteiger partial charge in [-0.1, -0.05) is 60.9 Å². The number of carbonyl (C=O) groups excluding carboxylic acids is 1. The van der Waals surface area contributed by atoms with Crippen LogP contribution in [0.4, 0.5) is 5.69 Å². The van der Waals surface area contributed by atoms with Crippen molar-refractivity contribution in [3.05, 3.63) is 95.6 Å². The Morgan fingerprint density at radius 3 is 2.03 bits per heavy atom. The van der Waals surface area contributed by atoms with Gasteiger partial charge in [-0.3, -0.25) is 4.79 Å². The van der Waals surface area contributed by atoms with E-state index in [2.05, 4.69) is 6.92 Å². The van der Waals surface area contributed by atoms with Gasteiger partial charge in [0.1, 0.15) is 5.75 Å². The number of benzene rings is 3. The molecule has 0 aliphatic carbocycles. The van der Waals surface area contributed by atoms with Crippen molar-refractivity contribution in [2.24, 2.45) is 0 Å². The molecule has 3 aromatic carbocycles. The van der Waals surface area contributed by atoms with Crippen molar-refractivity contribution in [3.63, 3.8) is 0 Å². The smallest absolute Gasteiger partial charge is 0.271 e. The van der Waals surface area contributed by atoms with E-state index in [1.165, 1.54) is 18.2 Å². The van der Waals surface area contributed by atoms with Crippen LogP contribution in [0.2, 0.25) is 0 Å². The second-order valence-corrected chi connectivity index (χ2v) is 9.65. The highest BCUT2D eigenvalue weighted by Crippen LogP contribution is 2.25. The number of hydrogen-bond acceptors (Lipinski definition) is 4. The molecule has 0 radical (unpaired) electrons. The van der Waals surface area contributed by atoms with Crippen LogP contribution in [-0.4, -0.2) is 20.9 Å². The summed E-state index contributed by atoms with van der Waals surface area (Å²) in [6.07, 6.45) is 4.93. The number of amides is 1. The van der Waals surface area contributed by atoms with Crippen molar-refractivity contribution in [3.8, 4) is 5.75 Å². The normalized spacial score (nSPS) is 11.5. The van der Waals surface area contributed by atoms with Gasteiger partial charge in [-0.05, 0) is 68.3 Å². The summed E-state index contributed by atoms with van der Waals surface area (Å²) in [5, 5.41) is 0. The Kier molecular flexibility index (Phi) is 8.06. The lowest BCUT2D eigenvalue weighted by atomic mass is 10.2. The Morgan fingerprint density at radius 1 is 0.879 bits per heavy atom. The highest BCUT2D eigenvalue weighted by molar-refractivity contribution is 7.93. The Bertz CT molecular complexity index is 1200. The molecule has 0 heterocycles. The van der Waals surface area contributed by atoms with E-state index in [1.807, 2.05) is 38.1 Å². The zero-order valence-corrected chi connectivity index (χ0v) is 20.0. The van der Waals surface area contributed by atoms with Crippen molar-refractivity contribution in [1.29, 1.82) is 0 Å². The average molecular weight is 464 g/mol. The predicted octanol–water partition coefficient (Wildman–Crippen LogP) is 5.92. The van der Waals surface area contributed by atoms with Gasteiger partial charge in [0.05, 0.1) is 17.2 Å². The quantitative estimate of drug-likeness (QED) is 0.292. The minimum atomic E-state index is -4.09. The maximum atomic E-state index is 13.4. The maximum absolute atomic E-state index is 13.4. The van der Waals surface area contributed by atoms with Gasteiger partial charge in [-0.2, -0.15) is 4.31 Å². The molecule has 0 spiro atoms. The minimum Gasteiger partial charge on any atom is -0.494 e. The third-order valence-corrected chi connectivity index (χ3v) is 6.83. The Morgan fingerprint density at radius 2 is 1.45 bits per heavy atom. The van der Waals surface area contributed by atoms with Crippen LogP contribution in [0.1, 0.15) is 36.5 Å². The number of ether oxygens (including phenoxy) is 1. The lowest BCUT2D eigenvalue weighted by Gasteiger charge is -2.21. The number of aryl methyl sites for hydroxylation is 2. The lowest BCUT2D eigenvalue weighted by molar-refractivity contribution is -0.113. The molecule has 0 aromatic heterocycles. The number of anilines is 1. The van der Waals surface area contributed by atoms with E-state index in [9.17, 15) is 13.2 Å². The van der Waals surface area contributed by atoms with Gasteiger partial charge in [0.2, 0.25) is 0 Å². The van der Waals surface area contributed by atoms with E-state index in [0.717, 1.165) is 39.6 Å². The number of carbonyl (C=O) groups is 1. The Labute approximate surface area is 196 Å². The van der Waals surface area contributed by atoms with Crippen molar-refractivity contribution in [2.75, 3.05) is 10.9 Å². The minimum absolute atomic E-state index is 0.0593. The first-order valence-electron chi connectivity index (χ1n) is 10.9. The van der Waals surface area contributed by atoms with Gasteiger partial charge < -0.3 is 4.74 Å². The SMILES string of the molecule is CCCCOc1ccc(/C=C/C(=O)N(c2ccc(C)cc2)S(=O)(=O)c2ccc(C)cc2)cc1. The van der Waals surface area contributed by atoms with Crippen molar-refractivity contribution < 1.29 is 17.9 Å². The molecule has 0 aliphatic heterocycles. The molecule has 172 valence electrons. The van der Waals surface area contributed by atoms with Crippen LogP contribution >= 0.6 is 0 Å². The van der Waals surface area contributed by atoms with Crippen molar-refractivity contribution >= 4 is 27.7 Å². The van der Waals surface area contributed by atoms with E-state index in [0.29, 0.717) is 6.61 Å². The summed E-state index contributed by atoms with van der Waals surface area (Å²) in [4.78, 5) is 13.2. The zero-order chi connectivity index (χ0) is 23.8. The molecule has 0 N–H and O–H groups in total. The maximum Gasteiger partial charge on any atom is 0.271 e. The largest absolute Gasteiger partial charge is 0.494 e. The third-order valence-electron chi connectivity index (χ3n) is 5.09. The molecule has 0 atom stereocenters. The second kappa shape index (κ2) is 11.0. The molecule has 3 aromatic rings. The van der Waals surface area contributed by atoms with Gasteiger partial charge >= 0.3 is 0 Å². The van der Waals surface area contributed by atoms with Crippen LogP contribution in [0.25, 0.3) is 6.08 Å². The van der Waals surface area contributed by atoms with Gasteiger partial charge in [-0.25, -0.2) is 8.42 Å². The standard InChI is InChI=1S/C27H29NO4S/c1-4-5-20-32-25-15-10-23(11-16-25)12-19-27(29)28(24-13-6-21(2)7-14-24)33(30,31)26-17-8-22(3)9-18-26/h6-19H,4-5,20H2,1-3H3/b19-12+. The second-order valence-electron chi connectivity index (χ2n) is 7.86. The number of nitrogens with zero attached hydrogens (tertiary/aromatic N) is 1. The summed E-state index contributed by atoms with van der Waals surface area (Å²) in [7, 11) is -4.09.